The predicted octanol–water partition coefficient (Wildman–Crippen LogP) is 5.69. The summed E-state index contributed by atoms with van der Waals surface area (Å²) in [5.74, 6) is 1.40. The highest BCUT2D eigenvalue weighted by molar-refractivity contribution is 5.77. The van der Waals surface area contributed by atoms with Crippen LogP contribution in [0.2, 0.25) is 0 Å². The number of imidazole rings is 1. The van der Waals surface area contributed by atoms with Crippen LogP contribution < -0.4 is 5.73 Å². The van der Waals surface area contributed by atoms with E-state index in [1.54, 1.807) is 0 Å². The number of nitrogens with zero attached hydrogens (tertiary/aromatic N) is 3. The van der Waals surface area contributed by atoms with E-state index in [9.17, 15) is 0 Å². The van der Waals surface area contributed by atoms with Gasteiger partial charge in [0.2, 0.25) is 0 Å². The fourth-order valence-electron chi connectivity index (χ4n) is 4.66. The second-order valence-corrected chi connectivity index (χ2v) is 8.47. The first-order chi connectivity index (χ1) is 15.5. The van der Waals surface area contributed by atoms with Crippen LogP contribution in [0.15, 0.2) is 61.9 Å². The minimum absolute atomic E-state index is 0.349. The Morgan fingerprint density at radius 2 is 2.06 bits per heavy atom. The summed E-state index contributed by atoms with van der Waals surface area (Å²) in [6, 6.07) is 2.17. The molecule has 5 nitrogen and oxygen atoms in total. The molecule has 0 bridgehead atoms. The lowest BCUT2D eigenvalue weighted by molar-refractivity contribution is 0.255. The van der Waals surface area contributed by atoms with E-state index in [0.29, 0.717) is 11.6 Å². The third kappa shape index (κ3) is 4.15. The van der Waals surface area contributed by atoms with E-state index in [0.717, 1.165) is 67.4 Å². The van der Waals surface area contributed by atoms with Gasteiger partial charge >= 0.3 is 0 Å². The summed E-state index contributed by atoms with van der Waals surface area (Å²) < 4.78 is 2.14. The molecule has 0 saturated carbocycles. The van der Waals surface area contributed by atoms with Crippen LogP contribution in [0.25, 0.3) is 29.4 Å². The summed E-state index contributed by atoms with van der Waals surface area (Å²) in [5.41, 5.74) is 13.1. The normalized spacial score (nSPS) is 16.3. The molecule has 2 aromatic rings. The fraction of sp³-hybridized carbons (Fsp3) is 0.296. The molecule has 0 atom stereocenters. The van der Waals surface area contributed by atoms with Crippen LogP contribution in [0.1, 0.15) is 54.9 Å². The molecule has 1 aliphatic heterocycles. The van der Waals surface area contributed by atoms with Crippen molar-refractivity contribution in [3.05, 3.63) is 84.7 Å². The molecule has 5 heteroatoms. The molecule has 166 valence electrons. The third-order valence-corrected chi connectivity index (χ3v) is 6.26. The van der Waals surface area contributed by atoms with Crippen molar-refractivity contribution < 1.29 is 0 Å². The predicted molar refractivity (Wildman–Crippen MR) is 136 cm³/mol. The number of aromatic amines is 1. The van der Waals surface area contributed by atoms with Crippen LogP contribution in [0.3, 0.4) is 0 Å². The van der Waals surface area contributed by atoms with Crippen molar-refractivity contribution in [2.45, 2.75) is 38.5 Å². The van der Waals surface area contributed by atoms with Crippen LogP contribution in [-0.4, -0.2) is 32.5 Å². The Balaban J connectivity index is 1.71. The minimum Gasteiger partial charge on any atom is -0.397 e. The summed E-state index contributed by atoms with van der Waals surface area (Å²) in [5, 5.41) is 0. The van der Waals surface area contributed by atoms with Crippen LogP contribution in [0.4, 0.5) is 0 Å². The number of allylic oxidation sites excluding steroid dienone is 5. The van der Waals surface area contributed by atoms with Gasteiger partial charge in [-0.3, -0.25) is 0 Å². The summed E-state index contributed by atoms with van der Waals surface area (Å²) in [6.07, 6.45) is 18.2. The maximum atomic E-state index is 6.31. The lowest BCUT2D eigenvalue weighted by Gasteiger charge is -2.34. The molecule has 1 fully saturated rings. The monoisotopic (exact) mass is 427 g/mol. The van der Waals surface area contributed by atoms with Crippen LogP contribution in [0, 0.1) is 0 Å². The van der Waals surface area contributed by atoms with Crippen molar-refractivity contribution in [3.8, 4) is 11.4 Å². The van der Waals surface area contributed by atoms with Gasteiger partial charge in [0.1, 0.15) is 11.5 Å². The van der Waals surface area contributed by atoms with Gasteiger partial charge in [-0.1, -0.05) is 49.6 Å². The molecule has 32 heavy (non-hydrogen) atoms. The number of likely N-dealkylation sites (tertiary alicyclic amines) is 1. The number of piperidine rings is 1. The first-order valence-electron chi connectivity index (χ1n) is 11.3. The van der Waals surface area contributed by atoms with E-state index in [2.05, 4.69) is 70.8 Å². The molecule has 2 aromatic heterocycles. The fourth-order valence-corrected chi connectivity index (χ4v) is 4.66. The second-order valence-electron chi connectivity index (χ2n) is 8.47. The Morgan fingerprint density at radius 3 is 2.75 bits per heavy atom. The zero-order chi connectivity index (χ0) is 22.7. The minimum atomic E-state index is 0.349. The average Bonchev–Trinajstić information content (AvgIpc) is 3.29. The topological polar surface area (TPSA) is 62.9 Å². The van der Waals surface area contributed by atoms with Crippen LogP contribution >= 0.6 is 0 Å². The zero-order valence-corrected chi connectivity index (χ0v) is 19.0. The van der Waals surface area contributed by atoms with Crippen LogP contribution in [-0.2, 0) is 6.42 Å². The van der Waals surface area contributed by atoms with Gasteiger partial charge < -0.3 is 20.2 Å². The quantitative estimate of drug-likeness (QED) is 0.558. The molecular formula is C27H33N5. The van der Waals surface area contributed by atoms with Crippen molar-refractivity contribution >= 4 is 18.0 Å². The smallest absolute Gasteiger partial charge is 0.117 e. The Morgan fingerprint density at radius 1 is 1.28 bits per heavy atom. The van der Waals surface area contributed by atoms with E-state index in [1.165, 1.54) is 11.3 Å². The molecule has 0 amide bonds. The molecule has 2 aliphatic rings. The van der Waals surface area contributed by atoms with Gasteiger partial charge in [-0.05, 0) is 31.4 Å². The lowest BCUT2D eigenvalue weighted by atomic mass is 9.95. The molecule has 3 heterocycles. The number of fused-ring (bicyclic) bond motifs is 1. The molecule has 0 spiro atoms. The summed E-state index contributed by atoms with van der Waals surface area (Å²) >= 11 is 0. The van der Waals surface area contributed by atoms with Gasteiger partial charge in [-0.25, -0.2) is 4.98 Å². The Kier molecular flexibility index (Phi) is 6.35. The largest absolute Gasteiger partial charge is 0.397 e. The number of nitrogens with one attached hydrogen (secondary N) is 1. The molecule has 4 rings (SSSR count). The van der Waals surface area contributed by atoms with Crippen LogP contribution in [0.5, 0.6) is 0 Å². The maximum absolute atomic E-state index is 6.31. The molecule has 1 saturated heterocycles. The number of nitrogens with two attached hydrogens (primary N) is 1. The number of hydrogen-bond acceptors (Lipinski definition) is 3. The van der Waals surface area contributed by atoms with Crippen molar-refractivity contribution in [1.29, 1.82) is 0 Å². The Hall–Kier alpha value is -3.47. The van der Waals surface area contributed by atoms with E-state index in [1.807, 2.05) is 19.1 Å². The van der Waals surface area contributed by atoms with E-state index in [-0.39, 0.29) is 0 Å². The number of H-pyrrole nitrogens is 1. The van der Waals surface area contributed by atoms with Gasteiger partial charge in [0.25, 0.3) is 0 Å². The average molecular weight is 428 g/mol. The van der Waals surface area contributed by atoms with Crippen molar-refractivity contribution in [3.63, 3.8) is 0 Å². The molecule has 0 unspecified atom stereocenters. The highest BCUT2D eigenvalue weighted by Crippen LogP contribution is 2.36. The number of aromatic nitrogens is 3. The maximum Gasteiger partial charge on any atom is 0.117 e. The summed E-state index contributed by atoms with van der Waals surface area (Å²) in [4.78, 5) is 11.1. The Bertz CT molecular complexity index is 1110. The van der Waals surface area contributed by atoms with Gasteiger partial charge in [-0.2, -0.15) is 0 Å². The molecular weight excluding hydrogens is 394 g/mol. The van der Waals surface area contributed by atoms with Crippen molar-refractivity contribution in [2.75, 3.05) is 13.1 Å². The van der Waals surface area contributed by atoms with Crippen molar-refractivity contribution in [2.24, 2.45) is 5.73 Å². The standard InChI is InChI=1S/C27H33N5/c1-5-10-19(3)31-16-13-21(14-17-31)27-30-25(26(20(4)28)32(27)15-6-2)24-18-22-11-8-7-9-12-23(22)29-24/h5-9,11,15,18,21,29H,1,3-4,10,12-14,16-17,28H2,2H3/b15-6-. The first-order valence-corrected chi connectivity index (χ1v) is 11.3. The Labute approximate surface area is 191 Å². The van der Waals surface area contributed by atoms with Gasteiger partial charge in [0, 0.05) is 49.4 Å². The summed E-state index contributed by atoms with van der Waals surface area (Å²) in [7, 11) is 0. The van der Waals surface area contributed by atoms with E-state index in [4.69, 9.17) is 10.7 Å². The highest BCUT2D eigenvalue weighted by atomic mass is 15.2. The van der Waals surface area contributed by atoms with E-state index < -0.39 is 0 Å². The molecule has 1 aliphatic carbocycles. The third-order valence-electron chi connectivity index (χ3n) is 6.26. The molecule has 3 N–H and O–H groups in total. The van der Waals surface area contributed by atoms with Gasteiger partial charge in [-0.15, -0.1) is 6.58 Å². The molecule has 0 radical (unpaired) electrons. The van der Waals surface area contributed by atoms with Gasteiger partial charge in [0.05, 0.1) is 17.1 Å². The molecule has 0 aromatic carbocycles. The second kappa shape index (κ2) is 9.35. The van der Waals surface area contributed by atoms with E-state index >= 15 is 0 Å². The summed E-state index contributed by atoms with van der Waals surface area (Å²) in [6.45, 7) is 16.1. The number of rotatable bonds is 7. The number of hydrogen-bond donors (Lipinski definition) is 2. The van der Waals surface area contributed by atoms with Crippen molar-refractivity contribution in [1.82, 2.24) is 19.4 Å². The SMILES string of the molecule is C=CCC(=C)N1CCC(c2nc(-c3cc4c([nH]3)CC=CC=C4)c(C(=C)N)n2/C=C\C)CC1. The first kappa shape index (κ1) is 21.8. The van der Waals surface area contributed by atoms with Gasteiger partial charge in [0.15, 0.2) is 0 Å². The highest BCUT2D eigenvalue weighted by Gasteiger charge is 2.28. The lowest BCUT2D eigenvalue weighted by Crippen LogP contribution is -2.32. The zero-order valence-electron chi connectivity index (χ0n) is 19.0.